The van der Waals surface area contributed by atoms with Gasteiger partial charge in [0, 0.05) is 10.2 Å². The van der Waals surface area contributed by atoms with Crippen LogP contribution in [-0.4, -0.2) is 18.3 Å². The Balaban J connectivity index is 3.06. The number of rotatable bonds is 1. The Hall–Kier alpha value is -0.346. The van der Waals surface area contributed by atoms with Crippen molar-refractivity contribution < 1.29 is 0 Å². The fourth-order valence-electron chi connectivity index (χ4n) is 1.11. The van der Waals surface area contributed by atoms with Crippen LogP contribution in [0.1, 0.15) is 0 Å². The first kappa shape index (κ1) is 8.75. The Labute approximate surface area is 73.1 Å². The summed E-state index contributed by atoms with van der Waals surface area (Å²) in [4.78, 5) is 0. The zero-order valence-corrected chi connectivity index (χ0v) is 10.8. The Bertz CT molecular complexity index is 248. The highest BCUT2D eigenvalue weighted by Gasteiger charge is 2.15. The third kappa shape index (κ3) is 2.31. The van der Waals surface area contributed by atoms with Gasteiger partial charge in [-0.25, -0.2) is 0 Å². The molecule has 0 bridgehead atoms. The molecule has 0 atom stereocenters. The SMILES string of the molecule is C[Si](C)(C)c1cccc([SiH3])c1. The number of hydrogen-bond donors (Lipinski definition) is 0. The highest BCUT2D eigenvalue weighted by Crippen LogP contribution is 1.99. The molecule has 0 aliphatic heterocycles. The summed E-state index contributed by atoms with van der Waals surface area (Å²) in [6.45, 7) is 7.18. The largest absolute Gasteiger partial charge is 0.0775 e. The van der Waals surface area contributed by atoms with E-state index in [-0.39, 0.29) is 0 Å². The second-order valence-corrected chi connectivity index (χ2v) is 10.4. The minimum atomic E-state index is -1.04. The Kier molecular flexibility index (Phi) is 2.35. The van der Waals surface area contributed by atoms with E-state index in [9.17, 15) is 0 Å². The minimum absolute atomic E-state index is 1.04. The van der Waals surface area contributed by atoms with Gasteiger partial charge in [0.1, 0.15) is 0 Å². The molecule has 0 amide bonds. The first-order chi connectivity index (χ1) is 5.00. The normalized spacial score (nSPS) is 11.9. The van der Waals surface area contributed by atoms with Gasteiger partial charge in [0.25, 0.3) is 0 Å². The van der Waals surface area contributed by atoms with Gasteiger partial charge in [-0.05, 0) is 0 Å². The third-order valence-electron chi connectivity index (χ3n) is 1.88. The summed E-state index contributed by atoms with van der Waals surface area (Å²) in [6, 6.07) is 9.05. The van der Waals surface area contributed by atoms with Gasteiger partial charge in [-0.15, -0.1) is 0 Å². The van der Waals surface area contributed by atoms with Crippen LogP contribution in [0.2, 0.25) is 19.6 Å². The van der Waals surface area contributed by atoms with Crippen LogP contribution in [0, 0.1) is 0 Å². The van der Waals surface area contributed by atoms with Crippen LogP contribution in [0.15, 0.2) is 24.3 Å². The predicted octanol–water partition coefficient (Wildman–Crippen LogP) is 0.222. The lowest BCUT2D eigenvalue weighted by molar-refractivity contribution is 1.71. The van der Waals surface area contributed by atoms with Crippen molar-refractivity contribution in [3.63, 3.8) is 0 Å². The summed E-state index contributed by atoms with van der Waals surface area (Å²) in [5.74, 6) is 0. The lowest BCUT2D eigenvalue weighted by atomic mass is 10.4. The molecule has 1 aromatic carbocycles. The van der Waals surface area contributed by atoms with E-state index in [1.807, 2.05) is 0 Å². The maximum Gasteiger partial charge on any atom is 0.0775 e. The summed E-state index contributed by atoms with van der Waals surface area (Å²) in [5.41, 5.74) is 0. The molecule has 0 aliphatic carbocycles. The van der Waals surface area contributed by atoms with E-state index in [4.69, 9.17) is 0 Å². The molecular weight excluding hydrogens is 164 g/mol. The molecule has 11 heavy (non-hydrogen) atoms. The summed E-state index contributed by atoms with van der Waals surface area (Å²) >= 11 is 0. The molecule has 0 aromatic heterocycles. The van der Waals surface area contributed by atoms with Crippen LogP contribution in [-0.2, 0) is 0 Å². The first-order valence-electron chi connectivity index (χ1n) is 4.07. The second-order valence-electron chi connectivity index (χ2n) is 4.12. The molecule has 0 spiro atoms. The molecular formula is C9H16Si2. The maximum atomic E-state index is 2.39. The van der Waals surface area contributed by atoms with Crippen molar-refractivity contribution in [3.8, 4) is 0 Å². The van der Waals surface area contributed by atoms with Crippen LogP contribution in [0.25, 0.3) is 0 Å². The van der Waals surface area contributed by atoms with Crippen molar-refractivity contribution in [1.29, 1.82) is 0 Å². The van der Waals surface area contributed by atoms with Crippen LogP contribution in [0.4, 0.5) is 0 Å². The second kappa shape index (κ2) is 2.95. The number of benzene rings is 1. The van der Waals surface area contributed by atoms with Crippen molar-refractivity contribution >= 4 is 28.7 Å². The van der Waals surface area contributed by atoms with Crippen molar-refractivity contribution in [2.75, 3.05) is 0 Å². The molecule has 0 saturated carbocycles. The van der Waals surface area contributed by atoms with Gasteiger partial charge >= 0.3 is 0 Å². The minimum Gasteiger partial charge on any atom is -0.0709 e. The van der Waals surface area contributed by atoms with Crippen molar-refractivity contribution in [2.45, 2.75) is 19.6 Å². The van der Waals surface area contributed by atoms with Crippen LogP contribution < -0.4 is 10.4 Å². The average molecular weight is 180 g/mol. The maximum absolute atomic E-state index is 2.39. The van der Waals surface area contributed by atoms with Crippen molar-refractivity contribution in [2.24, 2.45) is 0 Å². The van der Waals surface area contributed by atoms with E-state index in [0.29, 0.717) is 0 Å². The smallest absolute Gasteiger partial charge is 0.0709 e. The van der Waals surface area contributed by atoms with Gasteiger partial charge in [0.05, 0.1) is 8.07 Å². The molecule has 0 unspecified atom stereocenters. The van der Waals surface area contributed by atoms with E-state index < -0.39 is 8.07 Å². The summed E-state index contributed by atoms with van der Waals surface area (Å²) in [5, 5.41) is 3.11. The molecule has 1 aromatic rings. The van der Waals surface area contributed by atoms with Crippen LogP contribution >= 0.6 is 0 Å². The molecule has 0 aliphatic rings. The van der Waals surface area contributed by atoms with E-state index in [2.05, 4.69) is 43.9 Å². The van der Waals surface area contributed by atoms with Crippen LogP contribution in [0.3, 0.4) is 0 Å². The Morgan fingerprint density at radius 3 is 2.18 bits per heavy atom. The lowest BCUT2D eigenvalue weighted by Crippen LogP contribution is -2.39. The zero-order chi connectivity index (χ0) is 8.48. The molecule has 0 radical (unpaired) electrons. The fourth-order valence-corrected chi connectivity index (χ4v) is 3.16. The van der Waals surface area contributed by atoms with E-state index >= 15 is 0 Å². The molecule has 1 rings (SSSR count). The molecule has 0 heterocycles. The third-order valence-corrected chi connectivity index (χ3v) is 4.55. The molecule has 0 nitrogen and oxygen atoms in total. The zero-order valence-electron chi connectivity index (χ0n) is 7.81. The number of hydrogen-bond acceptors (Lipinski definition) is 0. The van der Waals surface area contributed by atoms with Gasteiger partial charge in [-0.1, -0.05) is 54.3 Å². The molecule has 0 N–H and O–H groups in total. The van der Waals surface area contributed by atoms with E-state index in [1.165, 1.54) is 15.4 Å². The Morgan fingerprint density at radius 1 is 1.18 bits per heavy atom. The monoisotopic (exact) mass is 180 g/mol. The van der Waals surface area contributed by atoms with Crippen molar-refractivity contribution in [1.82, 2.24) is 0 Å². The van der Waals surface area contributed by atoms with Gasteiger partial charge < -0.3 is 0 Å². The van der Waals surface area contributed by atoms with E-state index in [0.717, 1.165) is 0 Å². The van der Waals surface area contributed by atoms with Crippen LogP contribution in [0.5, 0.6) is 0 Å². The molecule has 60 valence electrons. The molecule has 0 fully saturated rings. The van der Waals surface area contributed by atoms with E-state index in [1.54, 1.807) is 5.19 Å². The van der Waals surface area contributed by atoms with Crippen molar-refractivity contribution in [3.05, 3.63) is 24.3 Å². The standard InChI is InChI=1S/C9H16Si2/c1-11(2,3)9-6-4-5-8(10)7-9/h4-7H,1-3,10H3. The average Bonchev–Trinajstić information content (AvgIpc) is 1.86. The predicted molar refractivity (Wildman–Crippen MR) is 59.0 cm³/mol. The summed E-state index contributed by atoms with van der Waals surface area (Å²) < 4.78 is 0. The topological polar surface area (TPSA) is 0 Å². The highest BCUT2D eigenvalue weighted by atomic mass is 28.3. The van der Waals surface area contributed by atoms with Gasteiger partial charge in [-0.3, -0.25) is 0 Å². The first-order valence-corrected chi connectivity index (χ1v) is 8.57. The molecule has 2 heteroatoms. The highest BCUT2D eigenvalue weighted by molar-refractivity contribution is 6.88. The van der Waals surface area contributed by atoms with Gasteiger partial charge in [-0.2, -0.15) is 0 Å². The Morgan fingerprint density at radius 2 is 1.82 bits per heavy atom. The fraction of sp³-hybridized carbons (Fsp3) is 0.333. The van der Waals surface area contributed by atoms with Gasteiger partial charge in [0.15, 0.2) is 0 Å². The quantitative estimate of drug-likeness (QED) is 0.543. The summed E-state index contributed by atoms with van der Waals surface area (Å²) in [6.07, 6.45) is 0. The molecule has 0 saturated heterocycles. The lowest BCUT2D eigenvalue weighted by Gasteiger charge is -2.16. The van der Waals surface area contributed by atoms with Gasteiger partial charge in [0.2, 0.25) is 0 Å². The summed E-state index contributed by atoms with van der Waals surface area (Å²) in [7, 11) is 0.136.